The third-order valence-corrected chi connectivity index (χ3v) is 11.0. The first kappa shape index (κ1) is 37.4. The van der Waals surface area contributed by atoms with Crippen molar-refractivity contribution >= 4 is 17.0 Å². The summed E-state index contributed by atoms with van der Waals surface area (Å²) in [6, 6.07) is 22.0. The number of hydrogen-bond donors (Lipinski definition) is 5. The Morgan fingerprint density at radius 1 is 0.942 bits per heavy atom. The Kier molecular flexibility index (Phi) is 12.9. The highest BCUT2D eigenvalue weighted by Crippen LogP contribution is 2.39. The van der Waals surface area contributed by atoms with Crippen molar-refractivity contribution in [1.82, 2.24) is 20.1 Å². The van der Waals surface area contributed by atoms with Crippen LogP contribution < -0.4 is 15.6 Å². The highest BCUT2D eigenvalue weighted by Gasteiger charge is 2.43. The Morgan fingerprint density at radius 2 is 1.67 bits per heavy atom. The number of aromatic hydroxyl groups is 1. The Hall–Kier alpha value is -4.38. The number of aromatic nitrogens is 1. The smallest absolute Gasteiger partial charge is 0.408 e. The van der Waals surface area contributed by atoms with E-state index in [2.05, 4.69) is 33.4 Å². The molecule has 7 rings (SSSR count). The van der Waals surface area contributed by atoms with Crippen molar-refractivity contribution in [2.24, 2.45) is 5.92 Å². The number of piperidine rings is 3. The van der Waals surface area contributed by atoms with Crippen molar-refractivity contribution in [3.8, 4) is 11.5 Å². The van der Waals surface area contributed by atoms with Gasteiger partial charge in [-0.25, -0.2) is 4.79 Å². The number of carbonyl (C=O) groups is 1. The number of ether oxygens (including phenoxy) is 1. The molecule has 3 saturated heterocycles. The van der Waals surface area contributed by atoms with E-state index in [1.54, 1.807) is 17.0 Å². The number of aromatic amines is 1. The van der Waals surface area contributed by atoms with Crippen molar-refractivity contribution < 1.29 is 24.9 Å². The molecule has 3 aliphatic rings. The molecule has 2 bridgehead atoms. The number of carboxylic acid groups (broad SMARTS) is 1. The summed E-state index contributed by atoms with van der Waals surface area (Å²) in [5, 5.41) is 35.4. The van der Waals surface area contributed by atoms with Crippen LogP contribution in [0, 0.1) is 12.8 Å². The summed E-state index contributed by atoms with van der Waals surface area (Å²) in [4.78, 5) is 31.4. The van der Waals surface area contributed by atoms with Gasteiger partial charge in [-0.1, -0.05) is 80.6 Å². The van der Waals surface area contributed by atoms with Gasteiger partial charge in [0.1, 0.15) is 11.5 Å². The first-order chi connectivity index (χ1) is 25.3. The Bertz CT molecular complexity index is 1820. The van der Waals surface area contributed by atoms with Gasteiger partial charge in [0, 0.05) is 24.5 Å². The summed E-state index contributed by atoms with van der Waals surface area (Å²) < 4.78 is 6.33. The minimum atomic E-state index is -0.870. The number of fused-ring (bicyclic) bond motifs is 4. The molecule has 3 atom stereocenters. The fourth-order valence-electron chi connectivity index (χ4n) is 8.10. The molecule has 0 aliphatic carbocycles. The van der Waals surface area contributed by atoms with Crippen LogP contribution in [0.4, 0.5) is 4.79 Å². The average molecular weight is 711 g/mol. The van der Waals surface area contributed by atoms with Gasteiger partial charge < -0.3 is 35.3 Å². The molecule has 3 aromatic carbocycles. The van der Waals surface area contributed by atoms with Gasteiger partial charge in [0.05, 0.1) is 30.3 Å². The van der Waals surface area contributed by atoms with Crippen LogP contribution >= 0.6 is 0 Å². The summed E-state index contributed by atoms with van der Waals surface area (Å²) in [7, 11) is 0. The quantitative estimate of drug-likeness (QED) is 0.0688. The van der Waals surface area contributed by atoms with Gasteiger partial charge >= 0.3 is 6.09 Å². The molecule has 0 spiro atoms. The third kappa shape index (κ3) is 9.15. The number of aliphatic hydroxyl groups excluding tert-OH is 1. The largest absolute Gasteiger partial charge is 0.506 e. The normalized spacial score (nSPS) is 19.4. The van der Waals surface area contributed by atoms with E-state index in [4.69, 9.17) is 4.74 Å². The van der Waals surface area contributed by atoms with Gasteiger partial charge in [0.2, 0.25) is 5.56 Å². The van der Waals surface area contributed by atoms with Crippen LogP contribution in [0.5, 0.6) is 11.5 Å². The predicted molar refractivity (Wildman–Crippen MR) is 204 cm³/mol. The first-order valence-corrected chi connectivity index (χ1v) is 19.1. The van der Waals surface area contributed by atoms with Crippen LogP contribution in [0.25, 0.3) is 10.9 Å². The highest BCUT2D eigenvalue weighted by atomic mass is 16.5. The number of aryl methyl sites for hydroxylation is 1. The Labute approximate surface area is 306 Å². The lowest BCUT2D eigenvalue weighted by atomic mass is 9.81. The lowest BCUT2D eigenvalue weighted by Gasteiger charge is -2.50. The molecule has 3 fully saturated rings. The molecule has 3 aliphatic heterocycles. The number of pyridine rings is 1. The summed E-state index contributed by atoms with van der Waals surface area (Å²) in [6.07, 6.45) is 8.14. The number of amides is 1. The van der Waals surface area contributed by atoms with Gasteiger partial charge in [0.15, 0.2) is 0 Å². The zero-order chi connectivity index (χ0) is 36.5. The number of unbranched alkanes of at least 4 members (excludes halogenated alkanes) is 6. The zero-order valence-corrected chi connectivity index (χ0v) is 30.3. The van der Waals surface area contributed by atoms with Gasteiger partial charge in [-0.2, -0.15) is 0 Å². The van der Waals surface area contributed by atoms with Gasteiger partial charge in [0.25, 0.3) is 0 Å². The SMILES string of the molecule is Cc1ccc(C(c2ccccc2)N(C(=O)O)[C@H]2CN3CCC2CC3)cc1OCCCCCCCCCNC[C@H](O)c1ccc(O)c2[nH]c(=O)ccc12. The second-order valence-corrected chi connectivity index (χ2v) is 14.6. The summed E-state index contributed by atoms with van der Waals surface area (Å²) >= 11 is 0. The van der Waals surface area contributed by atoms with Crippen molar-refractivity contribution in [1.29, 1.82) is 0 Å². The standard InChI is InChI=1S/C42H54N4O6/c1-29-14-15-32(41(31-12-8-7-9-13-31)46(42(50)51)35-28-45-23-20-30(35)21-24-45)26-38(29)52-25-11-6-4-2-3-5-10-22-43-27-37(48)33-16-18-36(47)40-34(33)17-19-39(49)44-40/h7-9,12-19,26,30,35,37,41,43,47-48H,2-6,10-11,20-25,27-28H2,1H3,(H,44,49)(H,50,51)/t35-,37-,41?/m0/s1. The molecular weight excluding hydrogens is 656 g/mol. The Morgan fingerprint density at radius 3 is 2.38 bits per heavy atom. The van der Waals surface area contributed by atoms with Crippen molar-refractivity contribution in [2.45, 2.75) is 82.9 Å². The monoisotopic (exact) mass is 710 g/mol. The molecular formula is C42H54N4O6. The third-order valence-electron chi connectivity index (χ3n) is 11.0. The Balaban J connectivity index is 0.922. The molecule has 1 amide bonds. The van der Waals surface area contributed by atoms with Crippen LogP contribution in [0.3, 0.4) is 0 Å². The van der Waals surface area contributed by atoms with E-state index in [-0.39, 0.29) is 17.4 Å². The number of rotatable bonds is 18. The van der Waals surface area contributed by atoms with Crippen LogP contribution in [0.15, 0.2) is 77.6 Å². The molecule has 0 radical (unpaired) electrons. The van der Waals surface area contributed by atoms with Crippen LogP contribution in [0.2, 0.25) is 0 Å². The van der Waals surface area contributed by atoms with Crippen molar-refractivity contribution in [3.63, 3.8) is 0 Å². The summed E-state index contributed by atoms with van der Waals surface area (Å²) in [5.41, 5.74) is 3.69. The van der Waals surface area contributed by atoms with E-state index in [0.29, 0.717) is 35.5 Å². The number of benzene rings is 3. The van der Waals surface area contributed by atoms with Gasteiger partial charge in [-0.05, 0) is 98.6 Å². The molecule has 1 aromatic heterocycles. The number of nitrogens with zero attached hydrogens (tertiary/aromatic N) is 2. The maximum Gasteiger partial charge on any atom is 0.408 e. The number of nitrogens with one attached hydrogen (secondary N) is 2. The molecule has 0 saturated carbocycles. The average Bonchev–Trinajstić information content (AvgIpc) is 3.16. The van der Waals surface area contributed by atoms with Crippen LogP contribution in [-0.2, 0) is 0 Å². The fraction of sp³-hybridized carbons (Fsp3) is 0.476. The van der Waals surface area contributed by atoms with Crippen molar-refractivity contribution in [2.75, 3.05) is 39.3 Å². The minimum Gasteiger partial charge on any atom is -0.506 e. The molecule has 52 heavy (non-hydrogen) atoms. The summed E-state index contributed by atoms with van der Waals surface area (Å²) in [6.45, 7) is 6.79. The van der Waals surface area contributed by atoms with E-state index in [0.717, 1.165) is 106 Å². The van der Waals surface area contributed by atoms with Crippen molar-refractivity contribution in [3.05, 3.63) is 105 Å². The van der Waals surface area contributed by atoms with E-state index in [1.807, 2.05) is 37.3 Å². The molecule has 5 N–H and O–H groups in total. The maximum absolute atomic E-state index is 13.0. The first-order valence-electron chi connectivity index (χ1n) is 19.1. The van der Waals surface area contributed by atoms with Gasteiger partial charge in [-0.3, -0.25) is 9.69 Å². The molecule has 10 heteroatoms. The lowest BCUT2D eigenvalue weighted by molar-refractivity contribution is -0.000812. The topological polar surface area (TPSA) is 138 Å². The second kappa shape index (κ2) is 17.9. The number of aliphatic hydroxyl groups is 1. The fourth-order valence-corrected chi connectivity index (χ4v) is 8.10. The highest BCUT2D eigenvalue weighted by molar-refractivity contribution is 5.87. The molecule has 4 aromatic rings. The maximum atomic E-state index is 13.0. The molecule has 278 valence electrons. The zero-order valence-electron chi connectivity index (χ0n) is 30.3. The number of H-pyrrole nitrogens is 1. The van der Waals surface area contributed by atoms with E-state index >= 15 is 0 Å². The number of phenolic OH excluding ortho intramolecular Hbond substituents is 1. The van der Waals surface area contributed by atoms with Crippen LogP contribution in [-0.4, -0.2) is 81.6 Å². The van der Waals surface area contributed by atoms with E-state index in [9.17, 15) is 24.9 Å². The molecule has 1 unspecified atom stereocenters. The molecule has 4 heterocycles. The second-order valence-electron chi connectivity index (χ2n) is 14.6. The van der Waals surface area contributed by atoms with E-state index in [1.165, 1.54) is 12.1 Å². The lowest BCUT2D eigenvalue weighted by Crippen LogP contribution is -2.59. The number of phenols is 1. The number of hydrogen-bond acceptors (Lipinski definition) is 7. The molecule has 10 nitrogen and oxygen atoms in total. The van der Waals surface area contributed by atoms with Crippen LogP contribution in [0.1, 0.15) is 92.2 Å². The predicted octanol–water partition coefficient (Wildman–Crippen LogP) is 7.14. The summed E-state index contributed by atoms with van der Waals surface area (Å²) in [5.74, 6) is 1.20. The van der Waals surface area contributed by atoms with Gasteiger partial charge in [-0.15, -0.1) is 0 Å². The van der Waals surface area contributed by atoms with E-state index < -0.39 is 18.2 Å². The minimum absolute atomic E-state index is 0.0118.